The maximum Gasteiger partial charge on any atom is 0.248 e. The summed E-state index contributed by atoms with van der Waals surface area (Å²) < 4.78 is 0. The Labute approximate surface area is 115 Å². The number of halogens is 1. The highest BCUT2D eigenvalue weighted by atomic mass is 35.5. The van der Waals surface area contributed by atoms with E-state index in [9.17, 15) is 9.59 Å². The first-order chi connectivity index (χ1) is 9.01. The van der Waals surface area contributed by atoms with Gasteiger partial charge in [-0.1, -0.05) is 19.9 Å². The third kappa shape index (κ3) is 2.96. The zero-order valence-corrected chi connectivity index (χ0v) is 11.5. The molecule has 1 aromatic heterocycles. The van der Waals surface area contributed by atoms with Crippen molar-refractivity contribution in [1.82, 2.24) is 4.98 Å². The second-order valence-corrected chi connectivity index (χ2v) is 4.95. The predicted molar refractivity (Wildman–Crippen MR) is 78.0 cm³/mol. The molecule has 0 atom stereocenters. The number of carbonyl (C=O) groups excluding carboxylic acids is 1. The number of nitrogens with one attached hydrogen (secondary N) is 2. The van der Waals surface area contributed by atoms with Crippen molar-refractivity contribution in [3.63, 3.8) is 0 Å². The summed E-state index contributed by atoms with van der Waals surface area (Å²) in [6.45, 7) is 4.08. The lowest BCUT2D eigenvalue weighted by Gasteiger charge is -2.11. The Hall–Kier alpha value is -1.81. The third-order valence-electron chi connectivity index (χ3n) is 2.90. The van der Waals surface area contributed by atoms with E-state index in [-0.39, 0.29) is 23.3 Å². The largest absolute Gasteiger partial charge is 0.325 e. The van der Waals surface area contributed by atoms with E-state index in [0.29, 0.717) is 11.2 Å². The van der Waals surface area contributed by atoms with E-state index in [1.807, 2.05) is 19.9 Å². The van der Waals surface area contributed by atoms with Crippen LogP contribution in [0.15, 0.2) is 29.1 Å². The molecular formula is C14H15ClN2O2. The van der Waals surface area contributed by atoms with Crippen LogP contribution in [0.4, 0.5) is 5.69 Å². The Morgan fingerprint density at radius 2 is 2.11 bits per heavy atom. The molecule has 1 aromatic carbocycles. The van der Waals surface area contributed by atoms with Gasteiger partial charge in [-0.3, -0.25) is 9.59 Å². The number of amides is 1. The summed E-state index contributed by atoms with van der Waals surface area (Å²) in [5.41, 5.74) is 2.18. The molecule has 0 aliphatic rings. The molecule has 0 aliphatic carbocycles. The van der Waals surface area contributed by atoms with E-state index < -0.39 is 0 Å². The highest BCUT2D eigenvalue weighted by molar-refractivity contribution is 6.29. The Morgan fingerprint density at radius 3 is 2.74 bits per heavy atom. The fraction of sp³-hybridized carbons (Fsp3) is 0.286. The standard InChI is InChI=1S/C14H15ClN2O2/c1-8(2)11-6-13(18)17-12-5-9(3-4-10(11)12)16-14(19)7-15/h3-6,8H,7H2,1-2H3,(H,16,19)(H,17,18). The first-order valence-electron chi connectivity index (χ1n) is 6.04. The number of anilines is 1. The van der Waals surface area contributed by atoms with E-state index in [4.69, 9.17) is 11.6 Å². The van der Waals surface area contributed by atoms with Gasteiger partial charge in [0.1, 0.15) is 5.88 Å². The highest BCUT2D eigenvalue weighted by Crippen LogP contribution is 2.24. The number of benzene rings is 1. The van der Waals surface area contributed by atoms with Crippen LogP contribution in [-0.4, -0.2) is 16.8 Å². The molecule has 0 unspecified atom stereocenters. The topological polar surface area (TPSA) is 62.0 Å². The maximum absolute atomic E-state index is 11.6. The van der Waals surface area contributed by atoms with Crippen LogP contribution in [0.3, 0.4) is 0 Å². The molecule has 2 aromatic rings. The van der Waals surface area contributed by atoms with Crippen molar-refractivity contribution >= 4 is 34.1 Å². The Balaban J connectivity index is 2.54. The first-order valence-corrected chi connectivity index (χ1v) is 6.57. The molecule has 0 bridgehead atoms. The van der Waals surface area contributed by atoms with Crippen LogP contribution < -0.4 is 10.9 Å². The summed E-state index contributed by atoms with van der Waals surface area (Å²) in [7, 11) is 0. The lowest BCUT2D eigenvalue weighted by atomic mass is 9.99. The smallest absolute Gasteiger partial charge is 0.248 e. The number of aromatic nitrogens is 1. The zero-order chi connectivity index (χ0) is 14.0. The second kappa shape index (κ2) is 5.45. The molecule has 4 nitrogen and oxygen atoms in total. The zero-order valence-electron chi connectivity index (χ0n) is 10.8. The van der Waals surface area contributed by atoms with Crippen LogP contribution in [0.25, 0.3) is 10.9 Å². The SMILES string of the molecule is CC(C)c1cc(=O)[nH]c2cc(NC(=O)CCl)ccc12. The van der Waals surface area contributed by atoms with Gasteiger partial charge in [0, 0.05) is 17.1 Å². The van der Waals surface area contributed by atoms with Gasteiger partial charge in [-0.25, -0.2) is 0 Å². The molecule has 0 saturated carbocycles. The normalized spacial score (nSPS) is 10.9. The van der Waals surface area contributed by atoms with Crippen LogP contribution in [0.5, 0.6) is 0 Å². The van der Waals surface area contributed by atoms with E-state index in [2.05, 4.69) is 10.3 Å². The number of alkyl halides is 1. The number of hydrogen-bond donors (Lipinski definition) is 2. The van der Waals surface area contributed by atoms with Crippen LogP contribution in [0, 0.1) is 0 Å². The van der Waals surface area contributed by atoms with Gasteiger partial charge in [-0.2, -0.15) is 0 Å². The number of H-pyrrole nitrogens is 1. The van der Waals surface area contributed by atoms with Crippen molar-refractivity contribution in [3.8, 4) is 0 Å². The molecule has 100 valence electrons. The van der Waals surface area contributed by atoms with Gasteiger partial charge < -0.3 is 10.3 Å². The number of pyridine rings is 1. The molecule has 1 heterocycles. The molecule has 2 N–H and O–H groups in total. The van der Waals surface area contributed by atoms with E-state index in [1.54, 1.807) is 18.2 Å². The minimum Gasteiger partial charge on any atom is -0.325 e. The fourth-order valence-corrected chi connectivity index (χ4v) is 2.10. The summed E-state index contributed by atoms with van der Waals surface area (Å²) in [5.74, 6) is -0.114. The quantitative estimate of drug-likeness (QED) is 0.848. The average Bonchev–Trinajstić information content (AvgIpc) is 2.37. The van der Waals surface area contributed by atoms with Gasteiger partial charge in [0.05, 0.1) is 5.52 Å². The van der Waals surface area contributed by atoms with Crippen molar-refractivity contribution in [1.29, 1.82) is 0 Å². The summed E-state index contributed by atoms with van der Waals surface area (Å²) in [6.07, 6.45) is 0. The van der Waals surface area contributed by atoms with Gasteiger partial charge in [-0.05, 0) is 23.6 Å². The number of fused-ring (bicyclic) bond motifs is 1. The minimum absolute atomic E-state index is 0.0966. The molecule has 0 aliphatic heterocycles. The van der Waals surface area contributed by atoms with Crippen molar-refractivity contribution < 1.29 is 4.79 Å². The van der Waals surface area contributed by atoms with Gasteiger partial charge in [-0.15, -0.1) is 11.6 Å². The Bertz CT molecular complexity index is 677. The third-order valence-corrected chi connectivity index (χ3v) is 3.14. The van der Waals surface area contributed by atoms with Gasteiger partial charge in [0.25, 0.3) is 0 Å². The van der Waals surface area contributed by atoms with Gasteiger partial charge in [0.2, 0.25) is 11.5 Å². The van der Waals surface area contributed by atoms with Crippen molar-refractivity contribution in [2.24, 2.45) is 0 Å². The molecule has 19 heavy (non-hydrogen) atoms. The number of hydrogen-bond acceptors (Lipinski definition) is 2. The summed E-state index contributed by atoms with van der Waals surface area (Å²) in [6, 6.07) is 7.05. The second-order valence-electron chi connectivity index (χ2n) is 4.69. The van der Waals surface area contributed by atoms with E-state index in [0.717, 1.165) is 10.9 Å². The van der Waals surface area contributed by atoms with Crippen LogP contribution in [0.1, 0.15) is 25.3 Å². The van der Waals surface area contributed by atoms with Crippen molar-refractivity contribution in [2.75, 3.05) is 11.2 Å². The molecular weight excluding hydrogens is 264 g/mol. The molecule has 0 fully saturated rings. The Morgan fingerprint density at radius 1 is 1.37 bits per heavy atom. The van der Waals surface area contributed by atoms with Crippen LogP contribution in [0.2, 0.25) is 0 Å². The minimum atomic E-state index is -0.275. The van der Waals surface area contributed by atoms with Crippen LogP contribution in [-0.2, 0) is 4.79 Å². The monoisotopic (exact) mass is 278 g/mol. The molecule has 2 rings (SSSR count). The molecule has 1 amide bonds. The molecule has 0 radical (unpaired) electrons. The van der Waals surface area contributed by atoms with Gasteiger partial charge >= 0.3 is 0 Å². The Kier molecular flexibility index (Phi) is 3.90. The highest BCUT2D eigenvalue weighted by Gasteiger charge is 2.08. The number of carbonyl (C=O) groups is 1. The van der Waals surface area contributed by atoms with Crippen LogP contribution >= 0.6 is 11.6 Å². The lowest BCUT2D eigenvalue weighted by Crippen LogP contribution is -2.13. The molecule has 5 heteroatoms. The van der Waals surface area contributed by atoms with E-state index >= 15 is 0 Å². The number of rotatable bonds is 3. The summed E-state index contributed by atoms with van der Waals surface area (Å²) in [5, 5.41) is 3.64. The first kappa shape index (κ1) is 13.6. The predicted octanol–water partition coefficient (Wildman–Crippen LogP) is 2.83. The fourth-order valence-electron chi connectivity index (χ4n) is 2.04. The lowest BCUT2D eigenvalue weighted by molar-refractivity contribution is -0.113. The molecule has 0 spiro atoms. The van der Waals surface area contributed by atoms with Crippen molar-refractivity contribution in [2.45, 2.75) is 19.8 Å². The number of aromatic amines is 1. The summed E-state index contributed by atoms with van der Waals surface area (Å²) in [4.78, 5) is 25.7. The molecule has 0 saturated heterocycles. The average molecular weight is 279 g/mol. The summed E-state index contributed by atoms with van der Waals surface area (Å²) >= 11 is 5.44. The van der Waals surface area contributed by atoms with Gasteiger partial charge in [0.15, 0.2) is 0 Å². The van der Waals surface area contributed by atoms with E-state index in [1.165, 1.54) is 0 Å². The van der Waals surface area contributed by atoms with Crippen molar-refractivity contribution in [3.05, 3.63) is 40.2 Å². The maximum atomic E-state index is 11.6.